The van der Waals surface area contributed by atoms with Gasteiger partial charge in [0, 0.05) is 21.0 Å². The summed E-state index contributed by atoms with van der Waals surface area (Å²) in [7, 11) is 0. The molecule has 3 aromatic rings. The fraction of sp³-hybridized carbons (Fsp3) is 0.111. The van der Waals surface area contributed by atoms with Crippen LogP contribution in [-0.4, -0.2) is 18.9 Å². The summed E-state index contributed by atoms with van der Waals surface area (Å²) in [6.45, 7) is 2.04. The summed E-state index contributed by atoms with van der Waals surface area (Å²) in [5, 5.41) is 4.92. The Morgan fingerprint density at radius 1 is 1.24 bits per heavy atom. The van der Waals surface area contributed by atoms with E-state index in [0.717, 1.165) is 21.0 Å². The van der Waals surface area contributed by atoms with Crippen molar-refractivity contribution in [3.05, 3.63) is 57.8 Å². The molecular weight excluding hydrogens is 388 g/mol. The van der Waals surface area contributed by atoms with E-state index in [1.54, 1.807) is 12.1 Å². The highest BCUT2D eigenvalue weighted by molar-refractivity contribution is 9.10. The maximum Gasteiger partial charge on any atom is 0.307 e. The number of fused-ring (bicyclic) bond motifs is 2. The molecule has 0 unspecified atom stereocenters. The van der Waals surface area contributed by atoms with Crippen molar-refractivity contribution in [3.8, 4) is 11.5 Å². The second-order valence-electron chi connectivity index (χ2n) is 5.48. The van der Waals surface area contributed by atoms with Crippen LogP contribution in [0.4, 0.5) is 0 Å². The Labute approximate surface area is 151 Å². The molecule has 4 rings (SSSR count). The lowest BCUT2D eigenvalue weighted by molar-refractivity contribution is 0.0929. The molecule has 7 heteroatoms. The summed E-state index contributed by atoms with van der Waals surface area (Å²) in [5.41, 5.74) is 4.70. The third kappa shape index (κ3) is 2.87. The van der Waals surface area contributed by atoms with Crippen molar-refractivity contribution in [2.75, 3.05) is 6.79 Å². The number of carbonyl (C=O) groups is 1. The first-order chi connectivity index (χ1) is 12.1. The molecule has 1 aromatic heterocycles. The van der Waals surface area contributed by atoms with Gasteiger partial charge in [0.1, 0.15) is 5.58 Å². The maximum absolute atomic E-state index is 12.3. The van der Waals surface area contributed by atoms with Gasteiger partial charge in [-0.15, -0.1) is 0 Å². The van der Waals surface area contributed by atoms with Gasteiger partial charge in [0.15, 0.2) is 17.3 Å². The number of ether oxygens (including phenoxy) is 2. The molecule has 0 saturated carbocycles. The Morgan fingerprint density at radius 2 is 2.00 bits per heavy atom. The average molecular weight is 401 g/mol. The van der Waals surface area contributed by atoms with Crippen molar-refractivity contribution in [1.29, 1.82) is 0 Å². The van der Waals surface area contributed by atoms with Crippen LogP contribution in [0.15, 0.2) is 50.4 Å². The molecule has 1 amide bonds. The number of furan rings is 1. The first-order valence-corrected chi connectivity index (χ1v) is 8.33. The molecule has 25 heavy (non-hydrogen) atoms. The smallest absolute Gasteiger partial charge is 0.307 e. The molecule has 6 nitrogen and oxygen atoms in total. The highest BCUT2D eigenvalue weighted by Crippen LogP contribution is 2.36. The van der Waals surface area contributed by atoms with Gasteiger partial charge in [-0.3, -0.25) is 4.79 Å². The van der Waals surface area contributed by atoms with E-state index >= 15 is 0 Å². The fourth-order valence-corrected chi connectivity index (χ4v) is 3.06. The standard InChI is InChI=1S/C18H13BrN2O4/c1-10-12-4-2-3-5-14(12)25-17(10)18(22)21-20-8-11-6-15-16(7-13(11)19)24-9-23-15/h2-8H,9H2,1H3,(H,21,22)/b20-8-. The third-order valence-corrected chi connectivity index (χ3v) is 4.60. The number of nitrogens with one attached hydrogen (secondary N) is 1. The first-order valence-electron chi connectivity index (χ1n) is 7.54. The number of rotatable bonds is 3. The number of nitrogens with zero attached hydrogens (tertiary/aromatic N) is 1. The van der Waals surface area contributed by atoms with Crippen LogP contribution in [0.25, 0.3) is 11.0 Å². The van der Waals surface area contributed by atoms with E-state index in [-0.39, 0.29) is 12.6 Å². The van der Waals surface area contributed by atoms with Crippen molar-refractivity contribution < 1.29 is 18.7 Å². The Balaban J connectivity index is 1.53. The normalized spacial score (nSPS) is 12.9. The lowest BCUT2D eigenvalue weighted by atomic mass is 10.1. The van der Waals surface area contributed by atoms with Crippen LogP contribution in [-0.2, 0) is 0 Å². The molecule has 2 heterocycles. The lowest BCUT2D eigenvalue weighted by Gasteiger charge is -2.02. The Kier molecular flexibility index (Phi) is 3.93. The number of aryl methyl sites for hydroxylation is 1. The minimum Gasteiger partial charge on any atom is -0.454 e. The van der Waals surface area contributed by atoms with E-state index in [9.17, 15) is 4.79 Å². The molecular formula is C18H13BrN2O4. The highest BCUT2D eigenvalue weighted by Gasteiger charge is 2.17. The summed E-state index contributed by atoms with van der Waals surface area (Å²) < 4.78 is 17.0. The van der Waals surface area contributed by atoms with E-state index < -0.39 is 5.91 Å². The largest absolute Gasteiger partial charge is 0.454 e. The van der Waals surface area contributed by atoms with E-state index in [4.69, 9.17) is 13.9 Å². The number of halogens is 1. The topological polar surface area (TPSA) is 73.1 Å². The van der Waals surface area contributed by atoms with Gasteiger partial charge in [-0.05, 0) is 41.1 Å². The quantitative estimate of drug-likeness (QED) is 0.532. The first kappa shape index (κ1) is 15.7. The van der Waals surface area contributed by atoms with Crippen LogP contribution in [0.3, 0.4) is 0 Å². The van der Waals surface area contributed by atoms with Gasteiger partial charge in [-0.2, -0.15) is 5.10 Å². The molecule has 0 aliphatic carbocycles. The van der Waals surface area contributed by atoms with Crippen molar-refractivity contribution in [1.82, 2.24) is 5.43 Å². The molecule has 2 aromatic carbocycles. The van der Waals surface area contributed by atoms with E-state index in [1.165, 1.54) is 6.21 Å². The number of hydrogen-bond donors (Lipinski definition) is 1. The zero-order valence-electron chi connectivity index (χ0n) is 13.2. The number of hydrogen-bond acceptors (Lipinski definition) is 5. The van der Waals surface area contributed by atoms with Gasteiger partial charge in [-0.25, -0.2) is 5.43 Å². The number of para-hydroxylation sites is 1. The minimum atomic E-state index is -0.401. The second kappa shape index (κ2) is 6.25. The number of hydrazone groups is 1. The molecule has 0 radical (unpaired) electrons. The zero-order valence-corrected chi connectivity index (χ0v) is 14.8. The second-order valence-corrected chi connectivity index (χ2v) is 6.33. The zero-order chi connectivity index (χ0) is 17.4. The van der Waals surface area contributed by atoms with Crippen LogP contribution in [0.5, 0.6) is 11.5 Å². The summed E-state index contributed by atoms with van der Waals surface area (Å²) in [6, 6.07) is 11.1. The predicted molar refractivity (Wildman–Crippen MR) is 96.3 cm³/mol. The molecule has 0 bridgehead atoms. The summed E-state index contributed by atoms with van der Waals surface area (Å²) >= 11 is 3.44. The monoisotopic (exact) mass is 400 g/mol. The fourth-order valence-electron chi connectivity index (χ4n) is 2.63. The number of amides is 1. The van der Waals surface area contributed by atoms with E-state index in [2.05, 4.69) is 26.5 Å². The molecule has 0 atom stereocenters. The van der Waals surface area contributed by atoms with Gasteiger partial charge in [0.05, 0.1) is 6.21 Å². The van der Waals surface area contributed by atoms with E-state index in [0.29, 0.717) is 17.1 Å². The molecule has 0 spiro atoms. The van der Waals surface area contributed by atoms with Gasteiger partial charge in [0.25, 0.3) is 0 Å². The molecule has 1 N–H and O–H groups in total. The molecule has 1 aliphatic rings. The van der Waals surface area contributed by atoms with Crippen LogP contribution in [0.1, 0.15) is 21.7 Å². The summed E-state index contributed by atoms with van der Waals surface area (Å²) in [4.78, 5) is 12.3. The van der Waals surface area contributed by atoms with Gasteiger partial charge in [0.2, 0.25) is 6.79 Å². The Bertz CT molecular complexity index is 1010. The summed E-state index contributed by atoms with van der Waals surface area (Å²) in [5.74, 6) is 1.17. The van der Waals surface area contributed by atoms with Crippen molar-refractivity contribution in [2.45, 2.75) is 6.92 Å². The van der Waals surface area contributed by atoms with Crippen LogP contribution in [0, 0.1) is 6.92 Å². The Hall–Kier alpha value is -2.80. The van der Waals surface area contributed by atoms with Crippen molar-refractivity contribution in [2.24, 2.45) is 5.10 Å². The number of benzene rings is 2. The molecule has 126 valence electrons. The lowest BCUT2D eigenvalue weighted by Crippen LogP contribution is -2.17. The maximum atomic E-state index is 12.3. The van der Waals surface area contributed by atoms with E-state index in [1.807, 2.05) is 31.2 Å². The van der Waals surface area contributed by atoms with Crippen molar-refractivity contribution >= 4 is 39.0 Å². The molecule has 1 aliphatic heterocycles. The van der Waals surface area contributed by atoms with Crippen LogP contribution >= 0.6 is 15.9 Å². The minimum absolute atomic E-state index is 0.199. The molecule has 0 fully saturated rings. The van der Waals surface area contributed by atoms with Crippen LogP contribution < -0.4 is 14.9 Å². The average Bonchev–Trinajstić information content (AvgIpc) is 3.19. The van der Waals surface area contributed by atoms with Gasteiger partial charge >= 0.3 is 5.91 Å². The summed E-state index contributed by atoms with van der Waals surface area (Å²) in [6.07, 6.45) is 1.53. The SMILES string of the molecule is Cc1c(C(=O)N/N=C\c2cc3c(cc2Br)OCO3)oc2ccccc12. The van der Waals surface area contributed by atoms with Crippen LogP contribution in [0.2, 0.25) is 0 Å². The van der Waals surface area contributed by atoms with Gasteiger partial charge < -0.3 is 13.9 Å². The molecule has 0 saturated heterocycles. The highest BCUT2D eigenvalue weighted by atomic mass is 79.9. The van der Waals surface area contributed by atoms with Crippen molar-refractivity contribution in [3.63, 3.8) is 0 Å². The predicted octanol–water partition coefficient (Wildman–Crippen LogP) is 4.00. The van der Waals surface area contributed by atoms with Gasteiger partial charge in [-0.1, -0.05) is 18.2 Å². The number of carbonyl (C=O) groups excluding carboxylic acids is 1. The Morgan fingerprint density at radius 3 is 2.80 bits per heavy atom. The third-order valence-electron chi connectivity index (χ3n) is 3.91.